The van der Waals surface area contributed by atoms with Gasteiger partial charge in [0.25, 0.3) is 0 Å². The first-order valence-electron chi connectivity index (χ1n) is 10.4. The minimum atomic E-state index is -0.341. The van der Waals surface area contributed by atoms with Gasteiger partial charge in [-0.1, -0.05) is 6.08 Å². The molecule has 2 saturated carbocycles. The maximum Gasteiger partial charge on any atom is 0.330 e. The summed E-state index contributed by atoms with van der Waals surface area (Å²) < 4.78 is 23.8. The minimum absolute atomic E-state index is 0.0435. The standard InChI is InChI=1S/C23H29FO4/c1-2-3-22(25)27-20-12-8-17(9-13-20)16-4-6-18(7-5-16)23(26)28-21-14-10-19(24)11-15-21/h2-3,10-11,14-18,20H,4-9,12-13H2,1H3/b3-2+/t16-,17-,18-,20-. The third-order valence-electron chi connectivity index (χ3n) is 6.11. The first kappa shape index (κ1) is 20.6. The summed E-state index contributed by atoms with van der Waals surface area (Å²) in [5, 5.41) is 0. The highest BCUT2D eigenvalue weighted by Crippen LogP contribution is 2.40. The molecule has 0 saturated heterocycles. The summed E-state index contributed by atoms with van der Waals surface area (Å²) in [6, 6.07) is 5.57. The molecule has 0 bridgehead atoms. The maximum absolute atomic E-state index is 13.0. The second-order valence-electron chi connectivity index (χ2n) is 7.96. The highest BCUT2D eigenvalue weighted by atomic mass is 19.1. The molecule has 5 heteroatoms. The van der Waals surface area contributed by atoms with Crippen LogP contribution in [0.1, 0.15) is 58.3 Å². The number of ether oxygens (including phenoxy) is 2. The molecule has 152 valence electrons. The van der Waals surface area contributed by atoms with Crippen LogP contribution in [0.5, 0.6) is 5.75 Å². The molecule has 2 fully saturated rings. The van der Waals surface area contributed by atoms with Crippen molar-refractivity contribution in [1.29, 1.82) is 0 Å². The number of carbonyl (C=O) groups is 2. The van der Waals surface area contributed by atoms with Gasteiger partial charge in [0.1, 0.15) is 17.7 Å². The molecule has 3 rings (SSSR count). The van der Waals surface area contributed by atoms with Gasteiger partial charge >= 0.3 is 11.9 Å². The van der Waals surface area contributed by atoms with E-state index in [9.17, 15) is 14.0 Å². The minimum Gasteiger partial charge on any atom is -0.459 e. The first-order valence-corrected chi connectivity index (χ1v) is 10.4. The van der Waals surface area contributed by atoms with E-state index in [1.807, 2.05) is 6.92 Å². The highest BCUT2D eigenvalue weighted by molar-refractivity contribution is 5.81. The predicted octanol–water partition coefficient (Wildman–Crippen LogP) is 5.22. The smallest absolute Gasteiger partial charge is 0.330 e. The third-order valence-corrected chi connectivity index (χ3v) is 6.11. The van der Waals surface area contributed by atoms with Gasteiger partial charge in [0, 0.05) is 6.08 Å². The van der Waals surface area contributed by atoms with Gasteiger partial charge in [0.2, 0.25) is 0 Å². The summed E-state index contributed by atoms with van der Waals surface area (Å²) >= 11 is 0. The van der Waals surface area contributed by atoms with Gasteiger partial charge in [-0.3, -0.25) is 4.79 Å². The largest absolute Gasteiger partial charge is 0.459 e. The van der Waals surface area contributed by atoms with E-state index in [0.717, 1.165) is 51.4 Å². The van der Waals surface area contributed by atoms with Crippen molar-refractivity contribution in [2.75, 3.05) is 0 Å². The SMILES string of the molecule is C/C=C/C(=O)O[C@H]1CC[C@H]([C@H]2CC[C@H](C(=O)Oc3ccc(F)cc3)CC2)CC1. The van der Waals surface area contributed by atoms with Crippen LogP contribution in [0.25, 0.3) is 0 Å². The van der Waals surface area contributed by atoms with Gasteiger partial charge in [0.05, 0.1) is 5.92 Å². The Morgan fingerprint density at radius 3 is 2.07 bits per heavy atom. The lowest BCUT2D eigenvalue weighted by molar-refractivity contribution is -0.145. The molecule has 0 radical (unpaired) electrons. The van der Waals surface area contributed by atoms with E-state index in [4.69, 9.17) is 9.47 Å². The Balaban J connectivity index is 1.40. The van der Waals surface area contributed by atoms with E-state index in [0.29, 0.717) is 17.6 Å². The van der Waals surface area contributed by atoms with E-state index in [1.54, 1.807) is 6.08 Å². The van der Waals surface area contributed by atoms with Crippen LogP contribution in [-0.4, -0.2) is 18.0 Å². The van der Waals surface area contributed by atoms with Gasteiger partial charge in [-0.25, -0.2) is 9.18 Å². The van der Waals surface area contributed by atoms with Crippen molar-refractivity contribution < 1.29 is 23.5 Å². The summed E-state index contributed by atoms with van der Waals surface area (Å²) in [4.78, 5) is 23.9. The molecule has 1 aromatic rings. The first-order chi connectivity index (χ1) is 13.5. The van der Waals surface area contributed by atoms with Crippen LogP contribution >= 0.6 is 0 Å². The second kappa shape index (κ2) is 9.85. The van der Waals surface area contributed by atoms with Gasteiger partial charge in [-0.15, -0.1) is 0 Å². The zero-order valence-electron chi connectivity index (χ0n) is 16.4. The summed E-state index contributed by atoms with van der Waals surface area (Å²) in [6.45, 7) is 1.81. The maximum atomic E-state index is 13.0. The molecule has 2 aliphatic rings. The van der Waals surface area contributed by atoms with Crippen molar-refractivity contribution in [2.45, 2.75) is 64.4 Å². The van der Waals surface area contributed by atoms with Crippen molar-refractivity contribution >= 4 is 11.9 Å². The van der Waals surface area contributed by atoms with Crippen LogP contribution in [0.4, 0.5) is 4.39 Å². The summed E-state index contributed by atoms with van der Waals surface area (Å²) in [7, 11) is 0. The monoisotopic (exact) mass is 388 g/mol. The Hall–Kier alpha value is -2.17. The Kier molecular flexibility index (Phi) is 7.24. The number of rotatable bonds is 5. The summed E-state index contributed by atoms with van der Waals surface area (Å²) in [6.07, 6.45) is 11.0. The van der Waals surface area contributed by atoms with Crippen LogP contribution in [0.3, 0.4) is 0 Å². The van der Waals surface area contributed by atoms with Gasteiger partial charge < -0.3 is 9.47 Å². The average molecular weight is 388 g/mol. The molecular formula is C23H29FO4. The number of carbonyl (C=O) groups excluding carboxylic acids is 2. The number of halogens is 1. The molecule has 0 N–H and O–H groups in total. The fourth-order valence-electron chi connectivity index (χ4n) is 4.55. The van der Waals surface area contributed by atoms with Gasteiger partial charge in [0.15, 0.2) is 0 Å². The molecule has 0 aliphatic heterocycles. The van der Waals surface area contributed by atoms with Crippen molar-refractivity contribution in [3.63, 3.8) is 0 Å². The number of hydrogen-bond acceptors (Lipinski definition) is 4. The number of allylic oxidation sites excluding steroid dienone is 1. The van der Waals surface area contributed by atoms with Crippen molar-refractivity contribution in [1.82, 2.24) is 0 Å². The molecule has 0 amide bonds. The van der Waals surface area contributed by atoms with E-state index in [1.165, 1.54) is 30.3 Å². The molecule has 0 heterocycles. The second-order valence-corrected chi connectivity index (χ2v) is 7.96. The van der Waals surface area contributed by atoms with Gasteiger partial charge in [-0.05, 0) is 94.4 Å². The lowest BCUT2D eigenvalue weighted by atomic mass is 9.70. The molecule has 2 aliphatic carbocycles. The van der Waals surface area contributed by atoms with Crippen LogP contribution < -0.4 is 4.74 Å². The molecule has 1 aromatic carbocycles. The Morgan fingerprint density at radius 1 is 0.929 bits per heavy atom. The number of hydrogen-bond donors (Lipinski definition) is 0. The lowest BCUT2D eigenvalue weighted by Crippen LogP contribution is -2.31. The van der Waals surface area contributed by atoms with Crippen LogP contribution in [-0.2, 0) is 14.3 Å². The van der Waals surface area contributed by atoms with Crippen molar-refractivity contribution in [3.8, 4) is 5.75 Å². The fraction of sp³-hybridized carbons (Fsp3) is 0.565. The molecule has 0 aromatic heterocycles. The van der Waals surface area contributed by atoms with E-state index in [2.05, 4.69) is 0 Å². The fourth-order valence-corrected chi connectivity index (χ4v) is 4.55. The molecule has 0 atom stereocenters. The average Bonchev–Trinajstić information content (AvgIpc) is 2.70. The summed E-state index contributed by atoms with van der Waals surface area (Å²) in [5.74, 6) is 0.842. The van der Waals surface area contributed by atoms with Crippen molar-refractivity contribution in [3.05, 3.63) is 42.2 Å². The highest BCUT2D eigenvalue weighted by Gasteiger charge is 2.34. The number of esters is 2. The Bertz CT molecular complexity index is 681. The lowest BCUT2D eigenvalue weighted by Gasteiger charge is -2.37. The van der Waals surface area contributed by atoms with Crippen LogP contribution in [0.2, 0.25) is 0 Å². The zero-order chi connectivity index (χ0) is 19.9. The van der Waals surface area contributed by atoms with E-state index < -0.39 is 0 Å². The Labute approximate surface area is 166 Å². The number of benzene rings is 1. The van der Waals surface area contributed by atoms with E-state index in [-0.39, 0.29) is 29.8 Å². The molecular weight excluding hydrogens is 359 g/mol. The molecule has 0 unspecified atom stereocenters. The van der Waals surface area contributed by atoms with Crippen LogP contribution in [0.15, 0.2) is 36.4 Å². The zero-order valence-corrected chi connectivity index (χ0v) is 16.4. The molecule has 28 heavy (non-hydrogen) atoms. The van der Waals surface area contributed by atoms with Crippen LogP contribution in [0, 0.1) is 23.6 Å². The molecule has 0 spiro atoms. The topological polar surface area (TPSA) is 52.6 Å². The normalized spacial score (nSPS) is 28.1. The quantitative estimate of drug-likeness (QED) is 0.394. The van der Waals surface area contributed by atoms with E-state index >= 15 is 0 Å². The van der Waals surface area contributed by atoms with Gasteiger partial charge in [-0.2, -0.15) is 0 Å². The summed E-state index contributed by atoms with van der Waals surface area (Å²) in [5.41, 5.74) is 0. The Morgan fingerprint density at radius 2 is 1.50 bits per heavy atom. The third kappa shape index (κ3) is 5.66. The van der Waals surface area contributed by atoms with Crippen molar-refractivity contribution in [2.24, 2.45) is 17.8 Å². The molecule has 4 nitrogen and oxygen atoms in total. The predicted molar refractivity (Wildman–Crippen MR) is 104 cm³/mol.